The molecule has 128 valence electrons. The lowest BCUT2D eigenvalue weighted by Gasteiger charge is -2.16. The number of halogens is 1. The molecule has 1 aromatic rings. The monoisotopic (exact) mass is 322 g/mol. The number of carbonyl (C=O) groups excluding carboxylic acids is 1. The first kappa shape index (κ1) is 17.7. The SMILES string of the molecule is CCC(=O)NCC1CCN(CCCCOc2ccc(F)cc2)C1. The van der Waals surface area contributed by atoms with Crippen LogP contribution in [0.5, 0.6) is 5.75 Å². The fourth-order valence-electron chi connectivity index (χ4n) is 2.82. The number of hydrogen-bond acceptors (Lipinski definition) is 3. The van der Waals surface area contributed by atoms with Gasteiger partial charge in [-0.05, 0) is 62.5 Å². The highest BCUT2D eigenvalue weighted by atomic mass is 19.1. The maximum absolute atomic E-state index is 12.8. The third-order valence-corrected chi connectivity index (χ3v) is 4.23. The van der Waals surface area contributed by atoms with Gasteiger partial charge in [0, 0.05) is 19.5 Å². The molecule has 0 aliphatic carbocycles. The Hall–Kier alpha value is -1.62. The van der Waals surface area contributed by atoms with E-state index in [0.717, 1.165) is 51.2 Å². The molecule has 2 rings (SSSR count). The normalized spacial score (nSPS) is 18.1. The molecule has 0 aromatic heterocycles. The van der Waals surface area contributed by atoms with Crippen molar-refractivity contribution < 1.29 is 13.9 Å². The number of benzene rings is 1. The van der Waals surface area contributed by atoms with Crippen molar-refractivity contribution in [3.63, 3.8) is 0 Å². The van der Waals surface area contributed by atoms with Gasteiger partial charge in [0.25, 0.3) is 0 Å². The maximum Gasteiger partial charge on any atom is 0.219 e. The van der Waals surface area contributed by atoms with Gasteiger partial charge in [0.15, 0.2) is 0 Å². The maximum atomic E-state index is 12.8. The molecule has 0 radical (unpaired) electrons. The quantitative estimate of drug-likeness (QED) is 0.711. The van der Waals surface area contributed by atoms with E-state index in [1.165, 1.54) is 12.1 Å². The van der Waals surface area contributed by atoms with E-state index in [1.807, 2.05) is 6.92 Å². The second-order valence-corrected chi connectivity index (χ2v) is 6.12. The average molecular weight is 322 g/mol. The highest BCUT2D eigenvalue weighted by Crippen LogP contribution is 2.16. The Morgan fingerprint density at radius 1 is 1.35 bits per heavy atom. The third kappa shape index (κ3) is 6.57. The first-order chi connectivity index (χ1) is 11.2. The van der Waals surface area contributed by atoms with Crippen LogP contribution in [-0.4, -0.2) is 43.6 Å². The van der Waals surface area contributed by atoms with Gasteiger partial charge in [-0.25, -0.2) is 4.39 Å². The number of hydrogen-bond donors (Lipinski definition) is 1. The van der Waals surface area contributed by atoms with Crippen molar-refractivity contribution in [2.45, 2.75) is 32.6 Å². The molecule has 1 heterocycles. The molecule has 0 spiro atoms. The lowest BCUT2D eigenvalue weighted by atomic mass is 10.1. The van der Waals surface area contributed by atoms with E-state index in [1.54, 1.807) is 12.1 Å². The summed E-state index contributed by atoms with van der Waals surface area (Å²) in [6.45, 7) is 6.61. The Morgan fingerprint density at radius 2 is 2.13 bits per heavy atom. The molecule has 1 aliphatic heterocycles. The molecule has 23 heavy (non-hydrogen) atoms. The predicted octanol–water partition coefficient (Wildman–Crippen LogP) is 2.83. The van der Waals surface area contributed by atoms with Crippen molar-refractivity contribution in [3.8, 4) is 5.75 Å². The van der Waals surface area contributed by atoms with Crippen LogP contribution in [-0.2, 0) is 4.79 Å². The number of ether oxygens (including phenoxy) is 1. The van der Waals surface area contributed by atoms with E-state index in [4.69, 9.17) is 4.74 Å². The highest BCUT2D eigenvalue weighted by Gasteiger charge is 2.21. The first-order valence-electron chi connectivity index (χ1n) is 8.54. The molecule has 1 atom stereocenters. The Morgan fingerprint density at radius 3 is 2.87 bits per heavy atom. The van der Waals surface area contributed by atoms with E-state index >= 15 is 0 Å². The number of amides is 1. The minimum Gasteiger partial charge on any atom is -0.494 e. The zero-order chi connectivity index (χ0) is 16.5. The minimum absolute atomic E-state index is 0.140. The zero-order valence-electron chi connectivity index (χ0n) is 13.9. The van der Waals surface area contributed by atoms with Crippen LogP contribution in [0.2, 0.25) is 0 Å². The molecule has 4 nitrogen and oxygen atoms in total. The first-order valence-corrected chi connectivity index (χ1v) is 8.54. The number of carbonyl (C=O) groups is 1. The molecule has 1 fully saturated rings. The van der Waals surface area contributed by atoms with Crippen molar-refractivity contribution in [3.05, 3.63) is 30.1 Å². The highest BCUT2D eigenvalue weighted by molar-refractivity contribution is 5.75. The Kier molecular flexibility index (Phi) is 7.33. The molecule has 1 amide bonds. The molecular weight excluding hydrogens is 295 g/mol. The van der Waals surface area contributed by atoms with E-state index in [0.29, 0.717) is 18.9 Å². The zero-order valence-corrected chi connectivity index (χ0v) is 13.9. The smallest absolute Gasteiger partial charge is 0.219 e. The standard InChI is InChI=1S/C18H27FN2O2/c1-2-18(22)20-13-15-9-11-21(14-15)10-3-4-12-23-17-7-5-16(19)6-8-17/h5-8,15H,2-4,9-14H2,1H3,(H,20,22). The summed E-state index contributed by atoms with van der Waals surface area (Å²) in [7, 11) is 0. The van der Waals surface area contributed by atoms with Crippen molar-refractivity contribution >= 4 is 5.91 Å². The fourth-order valence-corrected chi connectivity index (χ4v) is 2.82. The van der Waals surface area contributed by atoms with Crippen LogP contribution in [0.1, 0.15) is 32.6 Å². The predicted molar refractivity (Wildman–Crippen MR) is 89.0 cm³/mol. The number of nitrogens with one attached hydrogen (secondary N) is 1. The summed E-state index contributed by atoms with van der Waals surface area (Å²) in [5, 5.41) is 2.98. The molecule has 1 aromatic carbocycles. The van der Waals surface area contributed by atoms with Gasteiger partial charge in [0.2, 0.25) is 5.91 Å². The summed E-state index contributed by atoms with van der Waals surface area (Å²) in [6, 6.07) is 6.14. The third-order valence-electron chi connectivity index (χ3n) is 4.23. The van der Waals surface area contributed by atoms with Crippen LogP contribution < -0.4 is 10.1 Å². The summed E-state index contributed by atoms with van der Waals surface area (Å²) < 4.78 is 18.4. The van der Waals surface area contributed by atoms with Gasteiger partial charge in [0.05, 0.1) is 6.61 Å². The van der Waals surface area contributed by atoms with Crippen LogP contribution in [0, 0.1) is 11.7 Å². The van der Waals surface area contributed by atoms with Gasteiger partial charge in [-0.1, -0.05) is 6.92 Å². The molecule has 1 aliphatic rings. The van der Waals surface area contributed by atoms with E-state index in [9.17, 15) is 9.18 Å². The summed E-state index contributed by atoms with van der Waals surface area (Å²) >= 11 is 0. The van der Waals surface area contributed by atoms with Crippen molar-refractivity contribution in [2.24, 2.45) is 5.92 Å². The van der Waals surface area contributed by atoms with Crippen LogP contribution in [0.4, 0.5) is 4.39 Å². The van der Waals surface area contributed by atoms with Crippen molar-refractivity contribution in [1.29, 1.82) is 0 Å². The number of nitrogens with zero attached hydrogens (tertiary/aromatic N) is 1. The molecule has 1 saturated heterocycles. The number of rotatable bonds is 9. The van der Waals surface area contributed by atoms with Crippen LogP contribution in [0.3, 0.4) is 0 Å². The second-order valence-electron chi connectivity index (χ2n) is 6.12. The fraction of sp³-hybridized carbons (Fsp3) is 0.611. The van der Waals surface area contributed by atoms with Crippen LogP contribution >= 0.6 is 0 Å². The summed E-state index contributed by atoms with van der Waals surface area (Å²) in [5.74, 6) is 1.21. The van der Waals surface area contributed by atoms with Gasteiger partial charge in [-0.2, -0.15) is 0 Å². The molecule has 1 N–H and O–H groups in total. The van der Waals surface area contributed by atoms with E-state index in [-0.39, 0.29) is 11.7 Å². The average Bonchev–Trinajstić information content (AvgIpc) is 3.02. The molecule has 0 bridgehead atoms. The Balaban J connectivity index is 1.52. The number of likely N-dealkylation sites (tertiary alicyclic amines) is 1. The molecular formula is C18H27FN2O2. The molecule has 0 saturated carbocycles. The van der Waals surface area contributed by atoms with Gasteiger partial charge in [0.1, 0.15) is 11.6 Å². The second kappa shape index (κ2) is 9.50. The van der Waals surface area contributed by atoms with E-state index < -0.39 is 0 Å². The van der Waals surface area contributed by atoms with Crippen molar-refractivity contribution in [1.82, 2.24) is 10.2 Å². The minimum atomic E-state index is -0.240. The molecule has 1 unspecified atom stereocenters. The van der Waals surface area contributed by atoms with Crippen LogP contribution in [0.25, 0.3) is 0 Å². The summed E-state index contributed by atoms with van der Waals surface area (Å²) in [6.07, 6.45) is 3.81. The van der Waals surface area contributed by atoms with Gasteiger partial charge < -0.3 is 15.0 Å². The molecule has 5 heteroatoms. The van der Waals surface area contributed by atoms with Crippen molar-refractivity contribution in [2.75, 3.05) is 32.8 Å². The summed E-state index contributed by atoms with van der Waals surface area (Å²) in [5.41, 5.74) is 0. The largest absolute Gasteiger partial charge is 0.494 e. The summed E-state index contributed by atoms with van der Waals surface area (Å²) in [4.78, 5) is 13.7. The Labute approximate surface area is 138 Å². The van der Waals surface area contributed by atoms with Crippen LogP contribution in [0.15, 0.2) is 24.3 Å². The van der Waals surface area contributed by atoms with Gasteiger partial charge >= 0.3 is 0 Å². The van der Waals surface area contributed by atoms with Gasteiger partial charge in [-0.3, -0.25) is 4.79 Å². The van der Waals surface area contributed by atoms with E-state index in [2.05, 4.69) is 10.2 Å². The Bertz CT molecular complexity index is 478. The lowest BCUT2D eigenvalue weighted by Crippen LogP contribution is -2.30. The lowest BCUT2D eigenvalue weighted by molar-refractivity contribution is -0.120. The topological polar surface area (TPSA) is 41.6 Å². The number of unbranched alkanes of at least 4 members (excludes halogenated alkanes) is 1. The van der Waals surface area contributed by atoms with Gasteiger partial charge in [-0.15, -0.1) is 0 Å².